The van der Waals surface area contributed by atoms with Gasteiger partial charge in [-0.15, -0.1) is 0 Å². The molecule has 16 heavy (non-hydrogen) atoms. The first-order chi connectivity index (χ1) is 7.31. The molecule has 1 saturated carbocycles. The van der Waals surface area contributed by atoms with Gasteiger partial charge < -0.3 is 0 Å². The Labute approximate surface area is 107 Å². The predicted molar refractivity (Wildman–Crippen MR) is 69.9 cm³/mol. The van der Waals surface area contributed by atoms with Crippen LogP contribution in [0.15, 0.2) is 0 Å². The highest BCUT2D eigenvalue weighted by Gasteiger charge is 2.37. The maximum Gasteiger partial charge on any atom is 0.279 e. The minimum atomic E-state index is -3.34. The first-order valence-electron chi connectivity index (χ1n) is 5.59. The van der Waals surface area contributed by atoms with Gasteiger partial charge in [0.15, 0.2) is 0 Å². The van der Waals surface area contributed by atoms with Gasteiger partial charge in [0.25, 0.3) is 10.2 Å². The molecule has 96 valence electrons. The molecule has 1 aliphatic rings. The SMILES string of the molecule is CC1CCCC(CBr)(NS(=O)(=O)N(C)C)C1. The van der Waals surface area contributed by atoms with E-state index in [0.717, 1.165) is 19.3 Å². The summed E-state index contributed by atoms with van der Waals surface area (Å²) in [5.41, 5.74) is -0.305. The zero-order valence-corrected chi connectivity index (χ0v) is 12.6. The van der Waals surface area contributed by atoms with Crippen molar-refractivity contribution in [2.45, 2.75) is 38.1 Å². The Morgan fingerprint density at radius 2 is 2.12 bits per heavy atom. The van der Waals surface area contributed by atoms with Gasteiger partial charge in [-0.2, -0.15) is 17.4 Å². The third-order valence-electron chi connectivity index (χ3n) is 3.17. The molecule has 0 aromatic rings. The van der Waals surface area contributed by atoms with Gasteiger partial charge in [-0.05, 0) is 18.8 Å². The van der Waals surface area contributed by atoms with Gasteiger partial charge in [0.2, 0.25) is 0 Å². The summed E-state index contributed by atoms with van der Waals surface area (Å²) in [5, 5.41) is 0.678. The fraction of sp³-hybridized carbons (Fsp3) is 1.00. The van der Waals surface area contributed by atoms with Crippen molar-refractivity contribution in [3.63, 3.8) is 0 Å². The predicted octanol–water partition coefficient (Wildman–Crippen LogP) is 1.73. The Bertz CT molecular complexity index is 332. The fourth-order valence-electron chi connectivity index (χ4n) is 2.27. The molecule has 4 nitrogen and oxygen atoms in total. The van der Waals surface area contributed by atoms with Crippen LogP contribution in [0.3, 0.4) is 0 Å². The van der Waals surface area contributed by atoms with Crippen molar-refractivity contribution in [3.8, 4) is 0 Å². The van der Waals surface area contributed by atoms with Crippen LogP contribution in [0.25, 0.3) is 0 Å². The molecule has 0 saturated heterocycles. The van der Waals surface area contributed by atoms with E-state index in [1.807, 2.05) is 0 Å². The first-order valence-corrected chi connectivity index (χ1v) is 8.15. The maximum atomic E-state index is 11.9. The van der Waals surface area contributed by atoms with Crippen LogP contribution in [-0.2, 0) is 10.2 Å². The largest absolute Gasteiger partial charge is 0.279 e. The average molecular weight is 313 g/mol. The molecule has 1 N–H and O–H groups in total. The van der Waals surface area contributed by atoms with Crippen LogP contribution in [0.1, 0.15) is 32.6 Å². The molecule has 2 unspecified atom stereocenters. The van der Waals surface area contributed by atoms with Crippen LogP contribution in [0, 0.1) is 5.92 Å². The lowest BCUT2D eigenvalue weighted by Gasteiger charge is -2.39. The van der Waals surface area contributed by atoms with E-state index in [9.17, 15) is 8.42 Å². The molecule has 1 rings (SSSR count). The quantitative estimate of drug-likeness (QED) is 0.804. The minimum Gasteiger partial charge on any atom is -0.195 e. The normalized spacial score (nSPS) is 31.9. The minimum absolute atomic E-state index is 0.305. The summed E-state index contributed by atoms with van der Waals surface area (Å²) < 4.78 is 27.8. The molecule has 0 aromatic carbocycles. The van der Waals surface area contributed by atoms with E-state index < -0.39 is 10.2 Å². The lowest BCUT2D eigenvalue weighted by Crippen LogP contribution is -2.55. The Morgan fingerprint density at radius 3 is 2.56 bits per heavy atom. The van der Waals surface area contributed by atoms with Crippen molar-refractivity contribution in [2.24, 2.45) is 5.92 Å². The third kappa shape index (κ3) is 3.42. The Hall–Kier alpha value is 0.350. The monoisotopic (exact) mass is 312 g/mol. The van der Waals surface area contributed by atoms with Gasteiger partial charge in [-0.3, -0.25) is 0 Å². The molecule has 0 spiro atoms. The molecule has 1 fully saturated rings. The van der Waals surface area contributed by atoms with Gasteiger partial charge in [-0.25, -0.2) is 0 Å². The molecule has 0 aromatic heterocycles. The fourth-order valence-corrected chi connectivity index (χ4v) is 4.09. The van der Waals surface area contributed by atoms with Crippen molar-refractivity contribution < 1.29 is 8.42 Å². The highest BCUT2D eigenvalue weighted by atomic mass is 79.9. The second kappa shape index (κ2) is 5.33. The topological polar surface area (TPSA) is 49.4 Å². The van der Waals surface area contributed by atoms with Crippen LogP contribution in [0.4, 0.5) is 0 Å². The van der Waals surface area contributed by atoms with E-state index in [1.165, 1.54) is 10.7 Å². The molecule has 1 aliphatic carbocycles. The smallest absolute Gasteiger partial charge is 0.195 e. The molecule has 6 heteroatoms. The summed E-state index contributed by atoms with van der Waals surface area (Å²) >= 11 is 3.45. The van der Waals surface area contributed by atoms with E-state index in [4.69, 9.17) is 0 Å². The number of alkyl halides is 1. The molecular weight excluding hydrogens is 292 g/mol. The van der Waals surface area contributed by atoms with Crippen LogP contribution < -0.4 is 4.72 Å². The van der Waals surface area contributed by atoms with Crippen molar-refractivity contribution in [1.29, 1.82) is 0 Å². The summed E-state index contributed by atoms with van der Waals surface area (Å²) in [6, 6.07) is 0. The highest BCUT2D eigenvalue weighted by Crippen LogP contribution is 2.34. The first kappa shape index (κ1) is 14.4. The average Bonchev–Trinajstić information content (AvgIpc) is 2.16. The number of hydrogen-bond acceptors (Lipinski definition) is 2. The van der Waals surface area contributed by atoms with Crippen molar-refractivity contribution >= 4 is 26.1 Å². The van der Waals surface area contributed by atoms with Crippen molar-refractivity contribution in [3.05, 3.63) is 0 Å². The van der Waals surface area contributed by atoms with Gasteiger partial charge in [0.05, 0.1) is 0 Å². The van der Waals surface area contributed by atoms with Gasteiger partial charge in [0.1, 0.15) is 0 Å². The molecular formula is C10H21BrN2O2S. The second-order valence-electron chi connectivity index (χ2n) is 5.00. The third-order valence-corrected chi connectivity index (χ3v) is 5.90. The second-order valence-corrected chi connectivity index (χ2v) is 7.45. The van der Waals surface area contributed by atoms with Crippen LogP contribution in [0.5, 0.6) is 0 Å². The molecule has 0 amide bonds. The summed E-state index contributed by atoms with van der Waals surface area (Å²) in [4.78, 5) is 0. The zero-order chi connectivity index (χ0) is 12.4. The Morgan fingerprint density at radius 1 is 1.50 bits per heavy atom. The van der Waals surface area contributed by atoms with Gasteiger partial charge in [0, 0.05) is 25.0 Å². The molecule has 0 aliphatic heterocycles. The summed E-state index contributed by atoms with van der Waals surface area (Å²) in [7, 11) is -0.234. The number of hydrogen-bond donors (Lipinski definition) is 1. The van der Waals surface area contributed by atoms with Crippen molar-refractivity contribution in [1.82, 2.24) is 9.03 Å². The number of nitrogens with one attached hydrogen (secondary N) is 1. The van der Waals surface area contributed by atoms with Crippen LogP contribution >= 0.6 is 15.9 Å². The zero-order valence-electron chi connectivity index (χ0n) is 10.2. The van der Waals surface area contributed by atoms with Crippen LogP contribution in [-0.4, -0.2) is 37.7 Å². The van der Waals surface area contributed by atoms with Gasteiger partial charge >= 0.3 is 0 Å². The van der Waals surface area contributed by atoms with E-state index in [2.05, 4.69) is 27.6 Å². The van der Waals surface area contributed by atoms with E-state index in [1.54, 1.807) is 14.1 Å². The molecule has 0 radical (unpaired) electrons. The standard InChI is InChI=1S/C10H21BrN2O2S/c1-9-5-4-6-10(7-9,8-11)12-16(14,15)13(2)3/h9,12H,4-8H2,1-3H3. The number of nitrogens with zero attached hydrogens (tertiary/aromatic N) is 1. The number of halogens is 1. The maximum absolute atomic E-state index is 11.9. The Kier molecular flexibility index (Phi) is 4.80. The van der Waals surface area contributed by atoms with Crippen LogP contribution in [0.2, 0.25) is 0 Å². The number of rotatable bonds is 4. The highest BCUT2D eigenvalue weighted by molar-refractivity contribution is 9.09. The molecule has 0 bridgehead atoms. The molecule has 0 heterocycles. The summed E-state index contributed by atoms with van der Waals surface area (Å²) in [5.74, 6) is 0.580. The van der Waals surface area contributed by atoms with E-state index in [0.29, 0.717) is 11.2 Å². The van der Waals surface area contributed by atoms with Gasteiger partial charge in [-0.1, -0.05) is 35.7 Å². The van der Waals surface area contributed by atoms with E-state index in [-0.39, 0.29) is 5.54 Å². The Balaban J connectivity index is 2.82. The lowest BCUT2D eigenvalue weighted by molar-refractivity contribution is 0.238. The summed E-state index contributed by atoms with van der Waals surface area (Å²) in [6.07, 6.45) is 4.10. The molecule has 2 atom stereocenters. The lowest BCUT2D eigenvalue weighted by atomic mass is 9.78. The van der Waals surface area contributed by atoms with E-state index >= 15 is 0 Å². The van der Waals surface area contributed by atoms with Crippen molar-refractivity contribution in [2.75, 3.05) is 19.4 Å². The summed E-state index contributed by atoms with van der Waals surface area (Å²) in [6.45, 7) is 2.18.